The summed E-state index contributed by atoms with van der Waals surface area (Å²) in [7, 11) is 0. The van der Waals surface area contributed by atoms with Gasteiger partial charge >= 0.3 is 0 Å². The van der Waals surface area contributed by atoms with E-state index in [-0.39, 0.29) is 11.3 Å². The number of ketones is 1. The summed E-state index contributed by atoms with van der Waals surface area (Å²) in [5.41, 5.74) is 6.39. The van der Waals surface area contributed by atoms with E-state index in [2.05, 4.69) is 151 Å². The van der Waals surface area contributed by atoms with E-state index >= 15 is 0 Å². The van der Waals surface area contributed by atoms with Crippen molar-refractivity contribution in [3.05, 3.63) is 101 Å². The van der Waals surface area contributed by atoms with Gasteiger partial charge in [-0.3, -0.25) is 9.79 Å². The zero-order chi connectivity index (χ0) is 52.0. The lowest BCUT2D eigenvalue weighted by Gasteiger charge is -2.39. The molecule has 68 heavy (non-hydrogen) atoms. The highest BCUT2D eigenvalue weighted by Gasteiger charge is 2.47. The summed E-state index contributed by atoms with van der Waals surface area (Å²) in [5, 5.41) is 3.19. The molecule has 1 unspecified atom stereocenters. The smallest absolute Gasteiger partial charge is 0.150 e. The van der Waals surface area contributed by atoms with Gasteiger partial charge in [0.2, 0.25) is 0 Å². The van der Waals surface area contributed by atoms with E-state index in [1.54, 1.807) is 12.2 Å². The van der Waals surface area contributed by atoms with Gasteiger partial charge in [-0.1, -0.05) is 166 Å². The molecule has 0 amide bonds. The van der Waals surface area contributed by atoms with Crippen LogP contribution in [0.2, 0.25) is 0 Å². The lowest BCUT2D eigenvalue weighted by Crippen LogP contribution is -2.50. The van der Waals surface area contributed by atoms with E-state index in [0.29, 0.717) is 11.5 Å². The molecule has 3 aliphatic rings. The van der Waals surface area contributed by atoms with Gasteiger partial charge in [-0.15, -0.1) is 0 Å². The normalized spacial score (nSPS) is 20.9. The lowest BCUT2D eigenvalue weighted by atomic mass is 9.65. The van der Waals surface area contributed by atoms with Crippen molar-refractivity contribution in [2.75, 3.05) is 26.3 Å². The van der Waals surface area contributed by atoms with E-state index in [0.717, 1.165) is 121 Å². The largest absolute Gasteiger partial charge is 0.379 e. The molecule has 2 aliphatic heterocycles. The number of rotatable bonds is 19. The number of ether oxygens (including phenoxy) is 1. The number of hydrogen-bond acceptors (Lipinski definition) is 4. The number of hydrogen-bond donors (Lipinski definition) is 1. The van der Waals surface area contributed by atoms with E-state index in [4.69, 9.17) is 9.73 Å². The van der Waals surface area contributed by atoms with Crippen molar-refractivity contribution in [2.45, 2.75) is 207 Å². The van der Waals surface area contributed by atoms with E-state index < -0.39 is 11.2 Å². The summed E-state index contributed by atoms with van der Waals surface area (Å²) in [5.74, 6) is 3.85. The van der Waals surface area contributed by atoms with Crippen molar-refractivity contribution in [2.24, 2.45) is 40.0 Å². The fraction of sp³-hybridized carbons (Fsp3) is 0.661. The molecule has 6 heteroatoms. The van der Waals surface area contributed by atoms with Gasteiger partial charge in [-0.25, -0.2) is 8.97 Å². The van der Waals surface area contributed by atoms with Crippen LogP contribution in [0.25, 0.3) is 5.57 Å². The molecular weight excluding hydrogens is 838 g/mol. The summed E-state index contributed by atoms with van der Waals surface area (Å²) in [6, 6.07) is 6.42. The number of unbranched alkanes of at least 4 members (excludes halogenated alkanes) is 1. The standard InChI is InChI=1S/C41H57FN3O2.C8H16.C6H14.C4H10.C3H8/c1-11-15-21-43-38(32(8)33(9)44-37(16-12-2)36(42)14-4)25-30(6)34-17-18-35(31(7)24-34)41(39(46)29(5)13-3)19-22-45(23-20-41)26-40(10)27-47-28-40;1-3-4-8-5-7(2)6-8;1-4-6(3)5-2;1-4(2)3;1-3-2/h12,14,16-18,21,24-26,29,44H,4,6,11,13,15,19-20,22-23,27-28H2,1-3,5,7-10H3;7-8H,3-6H2,1-2H3;6H,4-5H2,1-3H3;4H,1-3H3;3H2,1-2H3/q+1;;;;/b16-12-,33-32+,37-36-,38-25+,43-21?,45-26?;;;;. The maximum atomic E-state index is 14.5. The molecule has 2 heterocycles. The van der Waals surface area contributed by atoms with Crippen molar-refractivity contribution >= 4 is 23.8 Å². The Bertz CT molecular complexity index is 1810. The number of nitrogens with one attached hydrogen (secondary N) is 1. The summed E-state index contributed by atoms with van der Waals surface area (Å²) >= 11 is 0. The molecule has 1 saturated carbocycles. The Kier molecular flexibility index (Phi) is 32.8. The van der Waals surface area contributed by atoms with Crippen LogP contribution < -0.4 is 5.32 Å². The molecule has 1 aromatic carbocycles. The number of halogens is 1. The number of allylic oxidation sites excluding steroid dienone is 8. The number of piperidine rings is 1. The van der Waals surface area contributed by atoms with Crippen LogP contribution in [0.5, 0.6) is 0 Å². The Balaban J connectivity index is 0.00000176. The van der Waals surface area contributed by atoms with E-state index in [1.807, 2.05) is 33.1 Å². The number of Topliss-reactive ketones (excluding diaryl/α,β-unsaturated/α-hetero) is 1. The number of carbonyl (C=O) groups excluding carboxylic acids is 1. The Morgan fingerprint density at radius 1 is 0.971 bits per heavy atom. The molecule has 0 radical (unpaired) electrons. The number of carbonyl (C=O) groups is 1. The fourth-order valence-corrected chi connectivity index (χ4v) is 8.41. The summed E-state index contributed by atoms with van der Waals surface area (Å²) in [4.78, 5) is 18.9. The molecule has 0 bridgehead atoms. The number of aliphatic imine (C=N–C) groups is 1. The first-order valence-electron chi connectivity index (χ1n) is 27.0. The Morgan fingerprint density at radius 2 is 1.54 bits per heavy atom. The Hall–Kier alpha value is -3.64. The molecule has 1 aliphatic carbocycles. The number of benzene rings is 1. The number of aryl methyl sites for hydroxylation is 1. The second kappa shape index (κ2) is 34.6. The molecule has 386 valence electrons. The van der Waals surface area contributed by atoms with Crippen LogP contribution in [-0.4, -0.2) is 49.1 Å². The first kappa shape index (κ1) is 64.4. The highest BCUT2D eigenvalue weighted by Crippen LogP contribution is 2.41. The van der Waals surface area contributed by atoms with Gasteiger partial charge in [0.25, 0.3) is 0 Å². The third-order valence-electron chi connectivity index (χ3n) is 13.2. The van der Waals surface area contributed by atoms with Crippen LogP contribution in [0.3, 0.4) is 0 Å². The van der Waals surface area contributed by atoms with Crippen LogP contribution in [0, 0.1) is 41.9 Å². The average molecular weight is 944 g/mol. The van der Waals surface area contributed by atoms with Gasteiger partial charge in [0.05, 0.1) is 35.4 Å². The minimum atomic E-state index is -0.507. The predicted octanol–water partition coefficient (Wildman–Crippen LogP) is 17.7. The third-order valence-corrected chi connectivity index (χ3v) is 13.2. The van der Waals surface area contributed by atoms with Crippen molar-refractivity contribution < 1.29 is 18.5 Å². The Morgan fingerprint density at radius 3 is 1.96 bits per heavy atom. The first-order valence-corrected chi connectivity index (χ1v) is 27.0. The zero-order valence-electron chi connectivity index (χ0n) is 47.4. The molecule has 2 saturated heterocycles. The number of nitrogens with zero attached hydrogens (tertiary/aromatic N) is 2. The van der Waals surface area contributed by atoms with Gasteiger partial charge in [0, 0.05) is 30.7 Å². The molecule has 4 rings (SSSR count). The van der Waals surface area contributed by atoms with Crippen LogP contribution >= 0.6 is 0 Å². The summed E-state index contributed by atoms with van der Waals surface area (Å²) < 4.78 is 22.3. The second-order valence-corrected chi connectivity index (χ2v) is 21.2. The first-order chi connectivity index (χ1) is 32.1. The Labute approximate surface area is 420 Å². The van der Waals surface area contributed by atoms with Gasteiger partial charge in [0.15, 0.2) is 0 Å². The second-order valence-electron chi connectivity index (χ2n) is 21.2. The molecule has 0 aromatic heterocycles. The summed E-state index contributed by atoms with van der Waals surface area (Å²) in [6.07, 6.45) is 25.0. The molecule has 1 aromatic rings. The van der Waals surface area contributed by atoms with Crippen molar-refractivity contribution in [3.63, 3.8) is 0 Å². The topological polar surface area (TPSA) is 53.7 Å². The maximum absolute atomic E-state index is 14.5. The SMILES string of the molecule is C=C/C(F)=C(\C=C/C)N/C(C)=C(C)/C(=C\C(=C)c1ccc(C2(C(=O)C(C)CC)CC[N+](=CC3(C)COC3)CC2)c(C)c1)N=CCCC.CC(C)C.CCC.CCC(C)CC.CCCC1CC(C)C1. The highest BCUT2D eigenvalue weighted by atomic mass is 19.1. The van der Waals surface area contributed by atoms with Crippen molar-refractivity contribution in [3.8, 4) is 0 Å². The van der Waals surface area contributed by atoms with Crippen molar-refractivity contribution in [1.29, 1.82) is 0 Å². The van der Waals surface area contributed by atoms with Crippen LogP contribution in [0.4, 0.5) is 4.39 Å². The van der Waals surface area contributed by atoms with Gasteiger partial charge < -0.3 is 10.1 Å². The van der Waals surface area contributed by atoms with Gasteiger partial charge in [-0.05, 0) is 130 Å². The highest BCUT2D eigenvalue weighted by molar-refractivity contribution is 5.92. The molecule has 1 atom stereocenters. The predicted molar refractivity (Wildman–Crippen MR) is 300 cm³/mol. The fourth-order valence-electron chi connectivity index (χ4n) is 8.41. The minimum absolute atomic E-state index is 0.00154. The molecule has 3 fully saturated rings. The van der Waals surface area contributed by atoms with Gasteiger partial charge in [-0.2, -0.15) is 0 Å². The van der Waals surface area contributed by atoms with E-state index in [1.165, 1.54) is 51.0 Å². The molecule has 0 spiro atoms. The third kappa shape index (κ3) is 22.9. The maximum Gasteiger partial charge on any atom is 0.150 e. The average Bonchev–Trinajstić information content (AvgIpc) is 3.29. The summed E-state index contributed by atoms with van der Waals surface area (Å²) in [6.45, 7) is 49.7. The molecule has 1 N–H and O–H groups in total. The van der Waals surface area contributed by atoms with E-state index in [9.17, 15) is 9.18 Å². The molecular formula is C62H105FN3O2+. The van der Waals surface area contributed by atoms with Crippen molar-refractivity contribution in [1.82, 2.24) is 5.32 Å². The van der Waals surface area contributed by atoms with Crippen LogP contribution in [0.15, 0.2) is 89.1 Å². The quantitative estimate of drug-likeness (QED) is 0.0854. The van der Waals surface area contributed by atoms with Crippen LogP contribution in [0.1, 0.15) is 211 Å². The van der Waals surface area contributed by atoms with Crippen LogP contribution in [-0.2, 0) is 14.9 Å². The monoisotopic (exact) mass is 943 g/mol. The lowest BCUT2D eigenvalue weighted by molar-refractivity contribution is -0.540. The van der Waals surface area contributed by atoms with Gasteiger partial charge in [0.1, 0.15) is 30.9 Å². The zero-order valence-corrected chi connectivity index (χ0v) is 47.4. The molecule has 5 nitrogen and oxygen atoms in total. The minimum Gasteiger partial charge on any atom is -0.379 e.